The van der Waals surface area contributed by atoms with Crippen LogP contribution in [0.4, 0.5) is 0 Å². The van der Waals surface area contributed by atoms with Crippen LogP contribution < -0.4 is 5.32 Å². The zero-order valence-corrected chi connectivity index (χ0v) is 15.2. The molecule has 0 atom stereocenters. The van der Waals surface area contributed by atoms with Gasteiger partial charge in [-0.05, 0) is 66.6 Å². The molecule has 1 saturated heterocycles. The number of amides is 1. The fourth-order valence-corrected chi connectivity index (χ4v) is 3.28. The average molecular weight is 320 g/mol. The van der Waals surface area contributed by atoms with E-state index in [1.807, 2.05) is 4.90 Å². The van der Waals surface area contributed by atoms with Crippen molar-refractivity contribution in [2.24, 2.45) is 0 Å². The highest BCUT2D eigenvalue weighted by molar-refractivity contribution is 5.85. The summed E-state index contributed by atoms with van der Waals surface area (Å²) < 4.78 is 0. The number of halogens is 1. The van der Waals surface area contributed by atoms with Gasteiger partial charge in [-0.1, -0.05) is 6.92 Å². The second-order valence-electron chi connectivity index (χ2n) is 6.44. The standard InChI is InChI=1S/C16H33N3O.ClH/c1-6-11-18(15-7-9-17-10-8-15)12-16(20)19(13(2)3)14(4)5;/h13-15,17H,6-12H2,1-5H3;1H. The summed E-state index contributed by atoms with van der Waals surface area (Å²) in [5, 5.41) is 3.40. The first-order valence-corrected chi connectivity index (χ1v) is 8.23. The molecule has 0 saturated carbocycles. The molecule has 0 aliphatic carbocycles. The highest BCUT2D eigenvalue weighted by atomic mass is 35.5. The lowest BCUT2D eigenvalue weighted by molar-refractivity contribution is -0.136. The van der Waals surface area contributed by atoms with Gasteiger partial charge < -0.3 is 10.2 Å². The molecule has 126 valence electrons. The lowest BCUT2D eigenvalue weighted by atomic mass is 10.0. The van der Waals surface area contributed by atoms with Gasteiger partial charge in [0.2, 0.25) is 5.91 Å². The SMILES string of the molecule is CCCN(CC(=O)N(C(C)C)C(C)C)C1CCNCC1.Cl. The van der Waals surface area contributed by atoms with E-state index < -0.39 is 0 Å². The summed E-state index contributed by atoms with van der Waals surface area (Å²) in [5.41, 5.74) is 0. The van der Waals surface area contributed by atoms with Crippen LogP contribution in [0.2, 0.25) is 0 Å². The van der Waals surface area contributed by atoms with Crippen LogP contribution in [-0.4, -0.2) is 60.0 Å². The molecule has 0 radical (unpaired) electrons. The first kappa shape index (κ1) is 20.7. The van der Waals surface area contributed by atoms with E-state index in [4.69, 9.17) is 0 Å². The molecule has 21 heavy (non-hydrogen) atoms. The third kappa shape index (κ3) is 6.54. The Morgan fingerprint density at radius 2 is 1.67 bits per heavy atom. The maximum absolute atomic E-state index is 12.6. The average Bonchev–Trinajstić information content (AvgIpc) is 2.38. The highest BCUT2D eigenvalue weighted by Gasteiger charge is 2.26. The van der Waals surface area contributed by atoms with Crippen molar-refractivity contribution in [3.63, 3.8) is 0 Å². The Bertz CT molecular complexity index is 283. The number of hydrogen-bond donors (Lipinski definition) is 1. The van der Waals surface area contributed by atoms with Crippen LogP contribution in [0, 0.1) is 0 Å². The molecule has 1 N–H and O–H groups in total. The van der Waals surface area contributed by atoms with Gasteiger partial charge in [0, 0.05) is 18.1 Å². The van der Waals surface area contributed by atoms with Crippen molar-refractivity contribution in [1.29, 1.82) is 0 Å². The van der Waals surface area contributed by atoms with Crippen molar-refractivity contribution in [1.82, 2.24) is 15.1 Å². The third-order valence-corrected chi connectivity index (χ3v) is 4.07. The monoisotopic (exact) mass is 319 g/mol. The number of carbonyl (C=O) groups is 1. The zero-order valence-electron chi connectivity index (χ0n) is 14.4. The molecule has 4 nitrogen and oxygen atoms in total. The predicted molar refractivity (Wildman–Crippen MR) is 92.1 cm³/mol. The summed E-state index contributed by atoms with van der Waals surface area (Å²) in [5.74, 6) is 0.280. The Balaban J connectivity index is 0.00000400. The summed E-state index contributed by atoms with van der Waals surface area (Å²) >= 11 is 0. The maximum atomic E-state index is 12.6. The minimum absolute atomic E-state index is 0. The predicted octanol–water partition coefficient (Wildman–Crippen LogP) is 2.52. The van der Waals surface area contributed by atoms with E-state index >= 15 is 0 Å². The number of nitrogens with one attached hydrogen (secondary N) is 1. The quantitative estimate of drug-likeness (QED) is 0.783. The van der Waals surface area contributed by atoms with E-state index in [0.29, 0.717) is 12.6 Å². The molecule has 0 bridgehead atoms. The molecule has 1 fully saturated rings. The lowest BCUT2D eigenvalue weighted by Crippen LogP contribution is -2.51. The van der Waals surface area contributed by atoms with Gasteiger partial charge in [-0.3, -0.25) is 9.69 Å². The van der Waals surface area contributed by atoms with Gasteiger partial charge in [-0.25, -0.2) is 0 Å². The molecule has 1 aliphatic rings. The van der Waals surface area contributed by atoms with Crippen molar-refractivity contribution in [2.75, 3.05) is 26.2 Å². The van der Waals surface area contributed by atoms with Crippen LogP contribution in [0.3, 0.4) is 0 Å². The summed E-state index contributed by atoms with van der Waals surface area (Å²) in [4.78, 5) is 17.0. The van der Waals surface area contributed by atoms with Crippen molar-refractivity contribution in [3.05, 3.63) is 0 Å². The fraction of sp³-hybridized carbons (Fsp3) is 0.938. The van der Waals surface area contributed by atoms with Gasteiger partial charge >= 0.3 is 0 Å². The minimum Gasteiger partial charge on any atom is -0.337 e. The maximum Gasteiger partial charge on any atom is 0.237 e. The summed E-state index contributed by atoms with van der Waals surface area (Å²) in [6, 6.07) is 1.12. The Morgan fingerprint density at radius 1 is 1.14 bits per heavy atom. The minimum atomic E-state index is 0. The lowest BCUT2D eigenvalue weighted by Gasteiger charge is -2.37. The van der Waals surface area contributed by atoms with Gasteiger partial charge in [-0.2, -0.15) is 0 Å². The summed E-state index contributed by atoms with van der Waals surface area (Å²) in [7, 11) is 0. The summed E-state index contributed by atoms with van der Waals surface area (Å²) in [6.07, 6.45) is 3.44. The molecule has 0 aromatic rings. The molecule has 1 rings (SSSR count). The second kappa shape index (κ2) is 10.4. The summed E-state index contributed by atoms with van der Waals surface area (Å²) in [6.45, 7) is 14.4. The first-order valence-electron chi connectivity index (χ1n) is 8.23. The van der Waals surface area contributed by atoms with E-state index in [1.165, 1.54) is 0 Å². The van der Waals surface area contributed by atoms with E-state index in [2.05, 4.69) is 44.8 Å². The van der Waals surface area contributed by atoms with Crippen LogP contribution in [0.15, 0.2) is 0 Å². The Hall–Kier alpha value is -0.320. The van der Waals surface area contributed by atoms with Crippen molar-refractivity contribution < 1.29 is 4.79 Å². The van der Waals surface area contributed by atoms with E-state index in [1.54, 1.807) is 0 Å². The number of carbonyl (C=O) groups excluding carboxylic acids is 1. The molecule has 0 aromatic heterocycles. The zero-order chi connectivity index (χ0) is 15.1. The Morgan fingerprint density at radius 3 is 2.10 bits per heavy atom. The molecule has 1 aliphatic heterocycles. The third-order valence-electron chi connectivity index (χ3n) is 4.07. The van der Waals surface area contributed by atoms with Gasteiger partial charge in [0.15, 0.2) is 0 Å². The Labute approximate surface area is 137 Å². The second-order valence-corrected chi connectivity index (χ2v) is 6.44. The van der Waals surface area contributed by atoms with Gasteiger partial charge in [-0.15, -0.1) is 12.4 Å². The number of piperidine rings is 1. The fourth-order valence-electron chi connectivity index (χ4n) is 3.28. The van der Waals surface area contributed by atoms with Crippen molar-refractivity contribution >= 4 is 18.3 Å². The van der Waals surface area contributed by atoms with Gasteiger partial charge in [0.1, 0.15) is 0 Å². The van der Waals surface area contributed by atoms with Crippen LogP contribution in [-0.2, 0) is 4.79 Å². The van der Waals surface area contributed by atoms with Crippen LogP contribution in [0.5, 0.6) is 0 Å². The smallest absolute Gasteiger partial charge is 0.237 e. The molecule has 0 unspecified atom stereocenters. The largest absolute Gasteiger partial charge is 0.337 e. The molecule has 0 spiro atoms. The number of nitrogens with zero attached hydrogens (tertiary/aromatic N) is 2. The Kier molecular flexibility index (Phi) is 10.3. The van der Waals surface area contributed by atoms with Gasteiger partial charge in [0.25, 0.3) is 0 Å². The van der Waals surface area contributed by atoms with E-state index in [9.17, 15) is 4.79 Å². The molecule has 5 heteroatoms. The molecular weight excluding hydrogens is 286 g/mol. The van der Waals surface area contributed by atoms with Gasteiger partial charge in [0.05, 0.1) is 6.54 Å². The van der Waals surface area contributed by atoms with Crippen LogP contribution in [0.25, 0.3) is 0 Å². The topological polar surface area (TPSA) is 35.6 Å². The molecule has 1 amide bonds. The molecular formula is C16H34ClN3O. The number of rotatable bonds is 7. The van der Waals surface area contributed by atoms with Crippen LogP contribution in [0.1, 0.15) is 53.9 Å². The molecule has 0 aromatic carbocycles. The number of hydrogen-bond acceptors (Lipinski definition) is 3. The van der Waals surface area contributed by atoms with Crippen molar-refractivity contribution in [3.8, 4) is 0 Å². The molecule has 1 heterocycles. The van der Waals surface area contributed by atoms with Crippen LogP contribution >= 0.6 is 12.4 Å². The normalized spacial score (nSPS) is 16.4. The van der Waals surface area contributed by atoms with E-state index in [-0.39, 0.29) is 30.4 Å². The highest BCUT2D eigenvalue weighted by Crippen LogP contribution is 2.14. The van der Waals surface area contributed by atoms with Crippen molar-refractivity contribution in [2.45, 2.75) is 72.0 Å². The van der Waals surface area contributed by atoms with E-state index in [0.717, 1.165) is 38.9 Å². The first-order chi connectivity index (χ1) is 9.47.